The molecule has 0 fully saturated rings. The number of carbonyl (C=O) groups is 1. The minimum atomic E-state index is -0.0641. The number of furan rings is 1. The first kappa shape index (κ1) is 14.3. The fourth-order valence-electron chi connectivity index (χ4n) is 1.79. The number of hydrogen-bond acceptors (Lipinski definition) is 4. The average Bonchev–Trinajstić information content (AvgIpc) is 2.90. The van der Waals surface area contributed by atoms with Crippen LogP contribution in [-0.4, -0.2) is 17.4 Å². The van der Waals surface area contributed by atoms with Crippen LogP contribution in [0.5, 0.6) is 0 Å². The van der Waals surface area contributed by atoms with E-state index in [0.29, 0.717) is 6.54 Å². The van der Waals surface area contributed by atoms with Crippen LogP contribution in [0.25, 0.3) is 0 Å². The van der Waals surface area contributed by atoms with Gasteiger partial charge in [-0.25, -0.2) is 0 Å². The molecule has 0 spiro atoms. The van der Waals surface area contributed by atoms with Crippen LogP contribution in [0.1, 0.15) is 30.2 Å². The minimum Gasteiger partial charge on any atom is -0.465 e. The molecule has 0 saturated heterocycles. The molecular formula is C15H19N3O2. The van der Waals surface area contributed by atoms with E-state index in [2.05, 4.69) is 15.6 Å². The fourth-order valence-corrected chi connectivity index (χ4v) is 1.79. The highest BCUT2D eigenvalue weighted by Crippen LogP contribution is 2.14. The Balaban J connectivity index is 1.72. The third kappa shape index (κ3) is 4.20. The molecule has 2 aromatic rings. The maximum Gasteiger partial charge on any atom is 0.234 e. The lowest BCUT2D eigenvalue weighted by atomic mass is 10.2. The van der Waals surface area contributed by atoms with Crippen LogP contribution in [0.15, 0.2) is 40.9 Å². The lowest BCUT2D eigenvalue weighted by Crippen LogP contribution is -2.34. The molecule has 106 valence electrons. The maximum absolute atomic E-state index is 11.7. The summed E-state index contributed by atoms with van der Waals surface area (Å²) in [5.74, 6) is 1.64. The van der Waals surface area contributed by atoms with E-state index < -0.39 is 0 Å². The quantitative estimate of drug-likeness (QED) is 0.844. The summed E-state index contributed by atoms with van der Waals surface area (Å²) in [6.07, 6.45) is 1.71. The number of rotatable bonds is 6. The second-order valence-corrected chi connectivity index (χ2v) is 4.65. The van der Waals surface area contributed by atoms with Crippen molar-refractivity contribution < 1.29 is 9.21 Å². The number of aromatic nitrogens is 1. The van der Waals surface area contributed by atoms with E-state index >= 15 is 0 Å². The van der Waals surface area contributed by atoms with Crippen molar-refractivity contribution in [3.63, 3.8) is 0 Å². The van der Waals surface area contributed by atoms with Crippen molar-refractivity contribution in [1.29, 1.82) is 0 Å². The van der Waals surface area contributed by atoms with E-state index in [4.69, 9.17) is 4.42 Å². The van der Waals surface area contributed by atoms with Crippen molar-refractivity contribution in [1.82, 2.24) is 15.6 Å². The molecule has 0 saturated carbocycles. The topological polar surface area (TPSA) is 67.2 Å². The molecule has 1 amide bonds. The number of pyridine rings is 1. The predicted molar refractivity (Wildman–Crippen MR) is 75.9 cm³/mol. The second-order valence-electron chi connectivity index (χ2n) is 4.65. The molecule has 0 radical (unpaired) electrons. The SMILES string of the molecule is Cc1ccc(C(C)NCC(=O)NCc2ccccn2)o1. The van der Waals surface area contributed by atoms with Crippen molar-refractivity contribution in [2.24, 2.45) is 0 Å². The summed E-state index contributed by atoms with van der Waals surface area (Å²) in [7, 11) is 0. The molecule has 2 aromatic heterocycles. The molecule has 0 aromatic carbocycles. The van der Waals surface area contributed by atoms with Gasteiger partial charge in [-0.05, 0) is 38.1 Å². The van der Waals surface area contributed by atoms with Gasteiger partial charge < -0.3 is 9.73 Å². The maximum atomic E-state index is 11.7. The molecule has 1 unspecified atom stereocenters. The summed E-state index contributed by atoms with van der Waals surface area (Å²) in [6.45, 7) is 4.55. The fraction of sp³-hybridized carbons (Fsp3) is 0.333. The van der Waals surface area contributed by atoms with E-state index in [9.17, 15) is 4.79 Å². The number of carbonyl (C=O) groups excluding carboxylic acids is 1. The Hall–Kier alpha value is -2.14. The molecule has 2 heterocycles. The first-order chi connectivity index (χ1) is 9.65. The van der Waals surface area contributed by atoms with Crippen LogP contribution in [0, 0.1) is 6.92 Å². The Kier molecular flexibility index (Phi) is 4.90. The van der Waals surface area contributed by atoms with Crippen molar-refractivity contribution in [3.05, 3.63) is 53.7 Å². The van der Waals surface area contributed by atoms with Crippen molar-refractivity contribution >= 4 is 5.91 Å². The average molecular weight is 273 g/mol. The second kappa shape index (κ2) is 6.86. The van der Waals surface area contributed by atoms with Crippen molar-refractivity contribution in [2.45, 2.75) is 26.4 Å². The van der Waals surface area contributed by atoms with Crippen LogP contribution in [-0.2, 0) is 11.3 Å². The third-order valence-corrected chi connectivity index (χ3v) is 2.95. The Morgan fingerprint density at radius 2 is 2.20 bits per heavy atom. The highest BCUT2D eigenvalue weighted by molar-refractivity contribution is 5.77. The summed E-state index contributed by atoms with van der Waals surface area (Å²) in [5, 5.41) is 5.94. The molecule has 2 N–H and O–H groups in total. The summed E-state index contributed by atoms with van der Waals surface area (Å²) < 4.78 is 5.50. The van der Waals surface area contributed by atoms with Gasteiger partial charge in [0.2, 0.25) is 5.91 Å². The summed E-state index contributed by atoms with van der Waals surface area (Å²) >= 11 is 0. The van der Waals surface area contributed by atoms with E-state index in [1.54, 1.807) is 6.20 Å². The van der Waals surface area contributed by atoms with Gasteiger partial charge in [0.05, 0.1) is 24.8 Å². The molecule has 1 atom stereocenters. The van der Waals surface area contributed by atoms with Gasteiger partial charge in [-0.2, -0.15) is 0 Å². The van der Waals surface area contributed by atoms with E-state index in [1.165, 1.54) is 0 Å². The molecule has 5 heteroatoms. The van der Waals surface area contributed by atoms with Crippen LogP contribution in [0.2, 0.25) is 0 Å². The third-order valence-electron chi connectivity index (χ3n) is 2.95. The number of nitrogens with one attached hydrogen (secondary N) is 2. The number of nitrogens with zero attached hydrogens (tertiary/aromatic N) is 1. The highest BCUT2D eigenvalue weighted by Gasteiger charge is 2.10. The molecule has 0 aliphatic rings. The standard InChI is InChI=1S/C15H19N3O2/c1-11-6-7-14(20-11)12(2)17-10-15(19)18-9-13-5-3-4-8-16-13/h3-8,12,17H,9-10H2,1-2H3,(H,18,19). The largest absolute Gasteiger partial charge is 0.465 e. The van der Waals surface area contributed by atoms with Gasteiger partial charge >= 0.3 is 0 Å². The highest BCUT2D eigenvalue weighted by atomic mass is 16.3. The molecular weight excluding hydrogens is 254 g/mol. The lowest BCUT2D eigenvalue weighted by molar-refractivity contribution is -0.120. The summed E-state index contributed by atoms with van der Waals surface area (Å²) in [4.78, 5) is 15.9. The van der Waals surface area contributed by atoms with Gasteiger partial charge in [-0.3, -0.25) is 15.1 Å². The zero-order valence-corrected chi connectivity index (χ0v) is 11.7. The Labute approximate surface area is 118 Å². The Morgan fingerprint density at radius 3 is 2.85 bits per heavy atom. The van der Waals surface area contributed by atoms with Crippen LogP contribution >= 0.6 is 0 Å². The van der Waals surface area contributed by atoms with Gasteiger partial charge in [-0.1, -0.05) is 6.07 Å². The van der Waals surface area contributed by atoms with Gasteiger partial charge in [0.15, 0.2) is 0 Å². The molecule has 0 aliphatic carbocycles. The minimum absolute atomic E-state index is 0.00398. The predicted octanol–water partition coefficient (Wildman–Crippen LogP) is 1.95. The van der Waals surface area contributed by atoms with Crippen molar-refractivity contribution in [3.8, 4) is 0 Å². The molecule has 2 rings (SSSR count). The monoisotopic (exact) mass is 273 g/mol. The number of amides is 1. The van der Waals surface area contributed by atoms with Crippen LogP contribution in [0.4, 0.5) is 0 Å². The Morgan fingerprint density at radius 1 is 1.35 bits per heavy atom. The first-order valence-electron chi connectivity index (χ1n) is 6.61. The zero-order chi connectivity index (χ0) is 14.4. The number of aryl methyl sites for hydroxylation is 1. The molecule has 20 heavy (non-hydrogen) atoms. The van der Waals surface area contributed by atoms with E-state index in [-0.39, 0.29) is 18.5 Å². The molecule has 0 aliphatic heterocycles. The van der Waals surface area contributed by atoms with Gasteiger partial charge in [0.1, 0.15) is 11.5 Å². The summed E-state index contributed by atoms with van der Waals surface area (Å²) in [6, 6.07) is 9.45. The van der Waals surface area contributed by atoms with Crippen molar-refractivity contribution in [2.75, 3.05) is 6.54 Å². The van der Waals surface area contributed by atoms with E-state index in [0.717, 1.165) is 17.2 Å². The van der Waals surface area contributed by atoms with Gasteiger partial charge in [-0.15, -0.1) is 0 Å². The zero-order valence-electron chi connectivity index (χ0n) is 11.7. The van der Waals surface area contributed by atoms with Crippen LogP contribution < -0.4 is 10.6 Å². The van der Waals surface area contributed by atoms with E-state index in [1.807, 2.05) is 44.2 Å². The normalized spacial score (nSPS) is 12.1. The molecule has 5 nitrogen and oxygen atoms in total. The smallest absolute Gasteiger partial charge is 0.234 e. The molecule has 0 bridgehead atoms. The first-order valence-corrected chi connectivity index (χ1v) is 6.61. The summed E-state index contributed by atoms with van der Waals surface area (Å²) in [5.41, 5.74) is 0.843. The van der Waals surface area contributed by atoms with Gasteiger partial charge in [0, 0.05) is 6.20 Å². The van der Waals surface area contributed by atoms with Crippen LogP contribution in [0.3, 0.4) is 0 Å². The number of hydrogen-bond donors (Lipinski definition) is 2. The Bertz CT molecular complexity index is 551. The lowest BCUT2D eigenvalue weighted by Gasteiger charge is -2.11. The van der Waals surface area contributed by atoms with Gasteiger partial charge in [0.25, 0.3) is 0 Å².